The van der Waals surface area contributed by atoms with Gasteiger partial charge in [0, 0.05) is 19.3 Å². The minimum atomic E-state index is -0.215. The van der Waals surface area contributed by atoms with E-state index in [0.717, 1.165) is 11.1 Å². The molecule has 3 heterocycles. The van der Waals surface area contributed by atoms with E-state index in [1.54, 1.807) is 11.1 Å². The van der Waals surface area contributed by atoms with Crippen LogP contribution in [0, 0.1) is 0 Å². The van der Waals surface area contributed by atoms with Crippen LogP contribution in [0.15, 0.2) is 89.6 Å². The molecule has 1 N–H and O–H groups in total. The van der Waals surface area contributed by atoms with Crippen LogP contribution in [0.25, 0.3) is 11.5 Å². The first-order valence-corrected chi connectivity index (χ1v) is 10.2. The van der Waals surface area contributed by atoms with Gasteiger partial charge in [-0.15, -0.1) is 0 Å². The molecule has 0 bridgehead atoms. The number of hydrogen-bond acceptors (Lipinski definition) is 5. The normalized spacial score (nSPS) is 13.8. The fraction of sp³-hybridized carbons (Fsp3) is 0.167. The highest BCUT2D eigenvalue weighted by molar-refractivity contribution is 5.76. The molecular weight excluding hydrogens is 390 g/mol. The molecule has 5 rings (SSSR count). The number of carbonyl (C=O) groups excluding carboxylic acids is 1. The van der Waals surface area contributed by atoms with E-state index in [2.05, 4.69) is 20.4 Å². The van der Waals surface area contributed by atoms with Gasteiger partial charge in [0.1, 0.15) is 5.69 Å². The Labute approximate surface area is 179 Å². The predicted octanol–water partition coefficient (Wildman–Crippen LogP) is 4.03. The van der Waals surface area contributed by atoms with E-state index in [9.17, 15) is 4.79 Å². The number of nitrogens with zero attached hydrogens (tertiary/aromatic N) is 4. The van der Waals surface area contributed by atoms with Crippen LogP contribution in [0.2, 0.25) is 0 Å². The monoisotopic (exact) mass is 411 g/mol. The van der Waals surface area contributed by atoms with Crippen LogP contribution in [0.3, 0.4) is 0 Å². The second kappa shape index (κ2) is 8.39. The van der Waals surface area contributed by atoms with Crippen molar-refractivity contribution in [2.45, 2.75) is 12.0 Å². The molecular formula is C24H21N5O2. The summed E-state index contributed by atoms with van der Waals surface area (Å²) in [6.45, 7) is 1.07. The molecule has 1 aliphatic rings. The average Bonchev–Trinajstić information content (AvgIpc) is 3.28. The van der Waals surface area contributed by atoms with Crippen LogP contribution in [0.1, 0.15) is 29.0 Å². The van der Waals surface area contributed by atoms with Crippen LogP contribution in [-0.4, -0.2) is 39.1 Å². The molecule has 0 radical (unpaired) electrons. The molecule has 2 aromatic heterocycles. The van der Waals surface area contributed by atoms with E-state index in [-0.39, 0.29) is 18.0 Å². The number of benzene rings is 2. The van der Waals surface area contributed by atoms with Crippen molar-refractivity contribution in [1.82, 2.24) is 25.3 Å². The quantitative estimate of drug-likeness (QED) is 0.536. The van der Waals surface area contributed by atoms with Crippen molar-refractivity contribution in [3.8, 4) is 11.5 Å². The second-order valence-electron chi connectivity index (χ2n) is 7.48. The fourth-order valence-corrected chi connectivity index (χ4v) is 3.67. The van der Waals surface area contributed by atoms with Gasteiger partial charge in [-0.05, 0) is 23.3 Å². The van der Waals surface area contributed by atoms with Gasteiger partial charge in [0.25, 0.3) is 0 Å². The Kier molecular flexibility index (Phi) is 5.14. The van der Waals surface area contributed by atoms with Crippen LogP contribution in [0.5, 0.6) is 0 Å². The Morgan fingerprint density at radius 1 is 0.935 bits per heavy atom. The highest BCUT2D eigenvalue weighted by atomic mass is 16.5. The summed E-state index contributed by atoms with van der Waals surface area (Å²) in [5.74, 6) is 1.03. The number of likely N-dealkylation sites (tertiary alicyclic amines) is 1. The van der Waals surface area contributed by atoms with Crippen molar-refractivity contribution >= 4 is 6.03 Å². The number of urea groups is 1. The van der Waals surface area contributed by atoms with Gasteiger partial charge in [-0.1, -0.05) is 71.9 Å². The van der Waals surface area contributed by atoms with Crippen LogP contribution >= 0.6 is 0 Å². The van der Waals surface area contributed by atoms with E-state index >= 15 is 0 Å². The number of rotatable bonds is 5. The lowest BCUT2D eigenvalue weighted by atomic mass is 9.98. The van der Waals surface area contributed by atoms with Crippen molar-refractivity contribution in [3.63, 3.8) is 0 Å². The van der Waals surface area contributed by atoms with Gasteiger partial charge in [0.15, 0.2) is 0 Å². The summed E-state index contributed by atoms with van der Waals surface area (Å²) in [6.07, 6.45) is 1.69. The average molecular weight is 411 g/mol. The van der Waals surface area contributed by atoms with E-state index in [1.165, 1.54) is 0 Å². The van der Waals surface area contributed by atoms with Crippen LogP contribution in [-0.2, 0) is 0 Å². The summed E-state index contributed by atoms with van der Waals surface area (Å²) in [6, 6.07) is 25.2. The van der Waals surface area contributed by atoms with E-state index in [1.807, 2.05) is 78.9 Å². The van der Waals surface area contributed by atoms with Gasteiger partial charge in [0.2, 0.25) is 11.7 Å². The summed E-state index contributed by atoms with van der Waals surface area (Å²) >= 11 is 0. The highest BCUT2D eigenvalue weighted by Gasteiger charge is 2.36. The number of pyridine rings is 1. The lowest BCUT2D eigenvalue weighted by molar-refractivity contribution is 0.135. The van der Waals surface area contributed by atoms with Gasteiger partial charge >= 0.3 is 6.03 Å². The molecule has 31 heavy (non-hydrogen) atoms. The first kappa shape index (κ1) is 19.0. The molecule has 2 aromatic carbocycles. The van der Waals surface area contributed by atoms with Crippen molar-refractivity contribution in [3.05, 3.63) is 102 Å². The Bertz CT molecular complexity index is 1100. The SMILES string of the molecule is O=C(NC(c1ccccc1)c1ccccc1)N1CC(c2nc(-c3ccccn3)no2)C1. The van der Waals surface area contributed by atoms with E-state index in [4.69, 9.17) is 4.52 Å². The summed E-state index contributed by atoms with van der Waals surface area (Å²) in [7, 11) is 0. The molecule has 154 valence electrons. The lowest BCUT2D eigenvalue weighted by Gasteiger charge is -2.38. The zero-order valence-corrected chi connectivity index (χ0v) is 16.8. The molecule has 4 aromatic rings. The first-order valence-electron chi connectivity index (χ1n) is 10.2. The Morgan fingerprint density at radius 3 is 2.19 bits per heavy atom. The van der Waals surface area contributed by atoms with Gasteiger partial charge < -0.3 is 14.7 Å². The number of nitrogens with one attached hydrogen (secondary N) is 1. The van der Waals surface area contributed by atoms with Crippen molar-refractivity contribution < 1.29 is 9.32 Å². The van der Waals surface area contributed by atoms with Gasteiger partial charge in [-0.25, -0.2) is 4.79 Å². The predicted molar refractivity (Wildman–Crippen MR) is 115 cm³/mol. The second-order valence-corrected chi connectivity index (χ2v) is 7.48. The topological polar surface area (TPSA) is 84.2 Å². The molecule has 2 amide bonds. The zero-order valence-electron chi connectivity index (χ0n) is 16.8. The molecule has 0 saturated carbocycles. The molecule has 0 aliphatic carbocycles. The third-order valence-corrected chi connectivity index (χ3v) is 5.39. The third-order valence-electron chi connectivity index (χ3n) is 5.39. The Balaban J connectivity index is 1.25. The third kappa shape index (κ3) is 4.02. The highest BCUT2D eigenvalue weighted by Crippen LogP contribution is 2.28. The molecule has 7 nitrogen and oxygen atoms in total. The zero-order chi connectivity index (χ0) is 21.0. The van der Waals surface area contributed by atoms with Crippen molar-refractivity contribution in [1.29, 1.82) is 0 Å². The fourth-order valence-electron chi connectivity index (χ4n) is 3.67. The maximum atomic E-state index is 12.9. The smallest absolute Gasteiger partial charge is 0.318 e. The molecule has 7 heteroatoms. The summed E-state index contributed by atoms with van der Waals surface area (Å²) in [5, 5.41) is 7.18. The summed E-state index contributed by atoms with van der Waals surface area (Å²) in [4.78, 5) is 23.4. The first-order chi connectivity index (χ1) is 15.3. The van der Waals surface area contributed by atoms with Crippen LogP contribution < -0.4 is 5.32 Å². The van der Waals surface area contributed by atoms with E-state index in [0.29, 0.717) is 30.5 Å². The van der Waals surface area contributed by atoms with Gasteiger partial charge in [-0.3, -0.25) is 4.98 Å². The molecule has 0 atom stereocenters. The standard InChI is InChI=1S/C24H21N5O2/c30-24(26-21(17-9-3-1-4-10-17)18-11-5-2-6-12-18)29-15-19(16-29)23-27-22(28-31-23)20-13-7-8-14-25-20/h1-14,19,21H,15-16H2,(H,26,30). The van der Waals surface area contributed by atoms with Crippen LogP contribution in [0.4, 0.5) is 4.79 Å². The van der Waals surface area contributed by atoms with E-state index < -0.39 is 0 Å². The molecule has 1 fully saturated rings. The minimum Gasteiger partial charge on any atom is -0.338 e. The van der Waals surface area contributed by atoms with Crippen molar-refractivity contribution in [2.24, 2.45) is 0 Å². The van der Waals surface area contributed by atoms with Crippen molar-refractivity contribution in [2.75, 3.05) is 13.1 Å². The molecule has 0 spiro atoms. The molecule has 0 unspecified atom stereocenters. The van der Waals surface area contributed by atoms with Gasteiger partial charge in [0.05, 0.1) is 12.0 Å². The Hall–Kier alpha value is -4.00. The Morgan fingerprint density at radius 2 is 1.58 bits per heavy atom. The number of aromatic nitrogens is 3. The maximum absolute atomic E-state index is 12.9. The maximum Gasteiger partial charge on any atom is 0.318 e. The number of amides is 2. The molecule has 1 aliphatic heterocycles. The largest absolute Gasteiger partial charge is 0.338 e. The lowest BCUT2D eigenvalue weighted by Crippen LogP contribution is -2.53. The summed E-state index contributed by atoms with van der Waals surface area (Å²) < 4.78 is 5.41. The number of hydrogen-bond donors (Lipinski definition) is 1. The minimum absolute atomic E-state index is 0.0302. The number of carbonyl (C=O) groups is 1. The summed E-state index contributed by atoms with van der Waals surface area (Å²) in [5.41, 5.74) is 2.74. The van der Waals surface area contributed by atoms with Gasteiger partial charge in [-0.2, -0.15) is 4.98 Å². The molecule has 1 saturated heterocycles.